The number of benzene rings is 1. The molecule has 0 aromatic heterocycles. The summed E-state index contributed by atoms with van der Waals surface area (Å²) in [5.74, 6) is 1.80. The van der Waals surface area contributed by atoms with E-state index in [2.05, 4.69) is 29.6 Å². The highest BCUT2D eigenvalue weighted by Crippen LogP contribution is 2.21. The highest BCUT2D eigenvalue weighted by atomic mass is 16.5. The van der Waals surface area contributed by atoms with Crippen molar-refractivity contribution in [2.45, 2.75) is 38.2 Å². The van der Waals surface area contributed by atoms with E-state index in [0.717, 1.165) is 37.7 Å². The highest BCUT2D eigenvalue weighted by molar-refractivity contribution is 5.27. The lowest BCUT2D eigenvalue weighted by Crippen LogP contribution is -2.30. The van der Waals surface area contributed by atoms with Gasteiger partial charge in [0.1, 0.15) is 11.9 Å². The Morgan fingerprint density at radius 3 is 2.60 bits per heavy atom. The minimum atomic E-state index is 0.331. The first kappa shape index (κ1) is 13.9. The molecule has 0 saturated carbocycles. The van der Waals surface area contributed by atoms with E-state index in [-0.39, 0.29) is 0 Å². The molecule has 2 fully saturated rings. The lowest BCUT2D eigenvalue weighted by molar-refractivity contribution is 0.0255. The molecule has 20 heavy (non-hydrogen) atoms. The number of nitrogens with one attached hydrogen (secondary N) is 1. The maximum atomic E-state index is 6.01. The molecule has 1 unspecified atom stereocenters. The summed E-state index contributed by atoms with van der Waals surface area (Å²) in [4.78, 5) is 0. The summed E-state index contributed by atoms with van der Waals surface area (Å²) in [7, 11) is 0. The van der Waals surface area contributed by atoms with Gasteiger partial charge in [0.15, 0.2) is 0 Å². The lowest BCUT2D eigenvalue weighted by Gasteiger charge is -2.24. The van der Waals surface area contributed by atoms with Crippen LogP contribution in [0.2, 0.25) is 0 Å². The SMILES string of the molecule is c1cc(OC2CCOCC2)ccc1CC1CCCNC1. The van der Waals surface area contributed by atoms with Gasteiger partial charge in [0, 0.05) is 12.8 Å². The summed E-state index contributed by atoms with van der Waals surface area (Å²) in [6.45, 7) is 4.02. The van der Waals surface area contributed by atoms with Crippen LogP contribution < -0.4 is 10.1 Å². The summed E-state index contributed by atoms with van der Waals surface area (Å²) in [5.41, 5.74) is 1.43. The largest absolute Gasteiger partial charge is 0.490 e. The Bertz CT molecular complexity index is 353. The number of rotatable bonds is 4. The fraction of sp³-hybridized carbons (Fsp3) is 0.647. The molecule has 2 saturated heterocycles. The van der Waals surface area contributed by atoms with Gasteiger partial charge >= 0.3 is 0 Å². The van der Waals surface area contributed by atoms with Gasteiger partial charge in [-0.15, -0.1) is 0 Å². The summed E-state index contributed by atoms with van der Waals surface area (Å²) >= 11 is 0. The van der Waals surface area contributed by atoms with Crippen molar-refractivity contribution in [2.24, 2.45) is 5.92 Å². The lowest BCUT2D eigenvalue weighted by atomic mass is 9.92. The molecule has 0 bridgehead atoms. The van der Waals surface area contributed by atoms with E-state index in [0.29, 0.717) is 6.10 Å². The van der Waals surface area contributed by atoms with Crippen molar-refractivity contribution in [1.29, 1.82) is 0 Å². The van der Waals surface area contributed by atoms with Gasteiger partial charge in [-0.2, -0.15) is 0 Å². The normalized spacial score (nSPS) is 24.5. The average molecular weight is 275 g/mol. The van der Waals surface area contributed by atoms with Crippen LogP contribution in [0.4, 0.5) is 0 Å². The van der Waals surface area contributed by atoms with E-state index in [9.17, 15) is 0 Å². The van der Waals surface area contributed by atoms with Gasteiger partial charge in [-0.3, -0.25) is 0 Å². The number of piperidine rings is 1. The predicted octanol–water partition coefficient (Wildman–Crippen LogP) is 2.79. The van der Waals surface area contributed by atoms with E-state index in [1.165, 1.54) is 37.9 Å². The molecule has 1 N–H and O–H groups in total. The van der Waals surface area contributed by atoms with E-state index in [1.807, 2.05) is 0 Å². The second-order valence-corrected chi connectivity index (χ2v) is 5.99. The number of hydrogen-bond donors (Lipinski definition) is 1. The van der Waals surface area contributed by atoms with Gasteiger partial charge < -0.3 is 14.8 Å². The molecule has 3 rings (SSSR count). The molecule has 1 aromatic rings. The molecular weight excluding hydrogens is 250 g/mol. The molecule has 110 valence electrons. The summed E-state index contributed by atoms with van der Waals surface area (Å²) in [6.07, 6.45) is 6.20. The van der Waals surface area contributed by atoms with Crippen molar-refractivity contribution in [2.75, 3.05) is 26.3 Å². The first-order valence-corrected chi connectivity index (χ1v) is 7.94. The van der Waals surface area contributed by atoms with Gasteiger partial charge in [-0.1, -0.05) is 12.1 Å². The van der Waals surface area contributed by atoms with Gasteiger partial charge in [0.2, 0.25) is 0 Å². The molecule has 1 aromatic carbocycles. The fourth-order valence-corrected chi connectivity index (χ4v) is 3.12. The number of hydrogen-bond acceptors (Lipinski definition) is 3. The molecule has 2 aliphatic heterocycles. The topological polar surface area (TPSA) is 30.5 Å². The van der Waals surface area contributed by atoms with Crippen molar-refractivity contribution in [3.05, 3.63) is 29.8 Å². The van der Waals surface area contributed by atoms with Crippen LogP contribution >= 0.6 is 0 Å². The van der Waals surface area contributed by atoms with Crippen LogP contribution in [-0.2, 0) is 11.2 Å². The molecule has 1 atom stereocenters. The van der Waals surface area contributed by atoms with Gasteiger partial charge in [-0.05, 0) is 56.0 Å². The minimum Gasteiger partial charge on any atom is -0.490 e. The van der Waals surface area contributed by atoms with Crippen molar-refractivity contribution in [3.8, 4) is 5.75 Å². The number of ether oxygens (including phenoxy) is 2. The average Bonchev–Trinajstić information content (AvgIpc) is 2.51. The van der Waals surface area contributed by atoms with E-state index in [4.69, 9.17) is 9.47 Å². The predicted molar refractivity (Wildman–Crippen MR) is 80.2 cm³/mol. The monoisotopic (exact) mass is 275 g/mol. The maximum absolute atomic E-state index is 6.01. The second kappa shape index (κ2) is 7.09. The van der Waals surface area contributed by atoms with Crippen molar-refractivity contribution in [3.63, 3.8) is 0 Å². The maximum Gasteiger partial charge on any atom is 0.119 e. The summed E-state index contributed by atoms with van der Waals surface area (Å²) in [5, 5.41) is 3.48. The van der Waals surface area contributed by atoms with Crippen molar-refractivity contribution in [1.82, 2.24) is 5.32 Å². The van der Waals surface area contributed by atoms with Crippen LogP contribution in [0, 0.1) is 5.92 Å². The van der Waals surface area contributed by atoms with Gasteiger partial charge in [0.25, 0.3) is 0 Å². The Labute approximate surface area is 121 Å². The Morgan fingerprint density at radius 1 is 1.10 bits per heavy atom. The Hall–Kier alpha value is -1.06. The second-order valence-electron chi connectivity index (χ2n) is 5.99. The summed E-state index contributed by atoms with van der Waals surface area (Å²) < 4.78 is 11.4. The van der Waals surface area contributed by atoms with E-state index >= 15 is 0 Å². The molecule has 0 radical (unpaired) electrons. The standard InChI is InChI=1S/C17H25NO2/c1-2-15(13-18-9-1)12-14-3-5-16(6-4-14)20-17-7-10-19-11-8-17/h3-6,15,17-18H,1-2,7-13H2. The first-order chi connectivity index (χ1) is 9.90. The van der Waals surface area contributed by atoms with E-state index in [1.54, 1.807) is 0 Å². The summed E-state index contributed by atoms with van der Waals surface area (Å²) in [6, 6.07) is 8.70. The quantitative estimate of drug-likeness (QED) is 0.916. The third-order valence-electron chi connectivity index (χ3n) is 4.32. The van der Waals surface area contributed by atoms with Crippen LogP contribution in [0.25, 0.3) is 0 Å². The highest BCUT2D eigenvalue weighted by Gasteiger charge is 2.16. The van der Waals surface area contributed by atoms with Crippen molar-refractivity contribution >= 4 is 0 Å². The molecule has 0 aliphatic carbocycles. The first-order valence-electron chi connectivity index (χ1n) is 7.94. The van der Waals surface area contributed by atoms with Crippen LogP contribution in [0.15, 0.2) is 24.3 Å². The molecular formula is C17H25NO2. The van der Waals surface area contributed by atoms with Gasteiger partial charge in [-0.25, -0.2) is 0 Å². The minimum absolute atomic E-state index is 0.331. The Balaban J connectivity index is 1.51. The van der Waals surface area contributed by atoms with Crippen LogP contribution in [0.3, 0.4) is 0 Å². The zero-order valence-corrected chi connectivity index (χ0v) is 12.1. The fourth-order valence-electron chi connectivity index (χ4n) is 3.12. The molecule has 0 spiro atoms. The molecule has 3 heteroatoms. The van der Waals surface area contributed by atoms with Crippen LogP contribution in [0.1, 0.15) is 31.2 Å². The van der Waals surface area contributed by atoms with Gasteiger partial charge in [0.05, 0.1) is 13.2 Å². The third-order valence-corrected chi connectivity index (χ3v) is 4.32. The third kappa shape index (κ3) is 3.97. The van der Waals surface area contributed by atoms with Crippen molar-refractivity contribution < 1.29 is 9.47 Å². The van der Waals surface area contributed by atoms with Crippen LogP contribution in [0.5, 0.6) is 5.75 Å². The van der Waals surface area contributed by atoms with E-state index < -0.39 is 0 Å². The molecule has 2 heterocycles. The Kier molecular flexibility index (Phi) is 4.93. The zero-order chi connectivity index (χ0) is 13.6. The Morgan fingerprint density at radius 2 is 1.90 bits per heavy atom. The van der Waals surface area contributed by atoms with Crippen LogP contribution in [-0.4, -0.2) is 32.4 Å². The molecule has 3 nitrogen and oxygen atoms in total. The molecule has 0 amide bonds. The smallest absolute Gasteiger partial charge is 0.119 e. The zero-order valence-electron chi connectivity index (χ0n) is 12.1. The molecule has 2 aliphatic rings.